The Hall–Kier alpha value is -2.28. The molecule has 0 aromatic heterocycles. The molecule has 200 valence electrons. The number of hydrogen-bond acceptors (Lipinski definition) is 5. The lowest BCUT2D eigenvalue weighted by Crippen LogP contribution is -2.46. The lowest BCUT2D eigenvalue weighted by atomic mass is 9.96. The third kappa shape index (κ3) is 14.0. The number of benzene rings is 1. The maximum Gasteiger partial charge on any atom is 0.410 e. The van der Waals surface area contributed by atoms with Gasteiger partial charge in [0.25, 0.3) is 0 Å². The number of carboxylic acids is 1. The average Bonchev–Trinajstić information content (AvgIpc) is 2.84. The molecule has 2 aliphatic carbocycles. The van der Waals surface area contributed by atoms with Gasteiger partial charge in [0, 0.05) is 19.5 Å². The number of aliphatic carboxylic acids is 1. The molecule has 0 saturated heterocycles. The van der Waals surface area contributed by atoms with Crippen LogP contribution in [0.3, 0.4) is 0 Å². The monoisotopic (exact) mass is 492 g/mol. The molecule has 35 heavy (non-hydrogen) atoms. The second-order valence-corrected chi connectivity index (χ2v) is 10.6. The van der Waals surface area contributed by atoms with E-state index in [4.69, 9.17) is 4.74 Å². The van der Waals surface area contributed by atoms with Crippen LogP contribution in [0.15, 0.2) is 24.3 Å². The van der Waals surface area contributed by atoms with Crippen LogP contribution in [-0.4, -0.2) is 59.0 Å². The summed E-state index contributed by atoms with van der Waals surface area (Å²) in [6, 6.07) is 5.99. The number of phenolic OH excluding ortho intramolecular Hbond substituents is 1. The number of aromatic hydroxyl groups is 1. The Morgan fingerprint density at radius 2 is 1.43 bits per heavy atom. The smallest absolute Gasteiger partial charge is 0.410 e. The zero-order valence-corrected chi connectivity index (χ0v) is 22.5. The van der Waals surface area contributed by atoms with E-state index < -0.39 is 23.7 Å². The number of hydrogen-bond donors (Lipinski definition) is 3. The van der Waals surface area contributed by atoms with Gasteiger partial charge in [-0.05, 0) is 58.4 Å². The molecule has 1 aromatic rings. The van der Waals surface area contributed by atoms with Crippen molar-refractivity contribution in [2.24, 2.45) is 0 Å². The van der Waals surface area contributed by atoms with Crippen molar-refractivity contribution in [3.05, 3.63) is 29.8 Å². The first-order valence-corrected chi connectivity index (χ1v) is 13.2. The third-order valence-electron chi connectivity index (χ3n) is 6.31. The number of rotatable bonds is 5. The lowest BCUT2D eigenvalue weighted by molar-refractivity contribution is -0.142. The summed E-state index contributed by atoms with van der Waals surface area (Å²) >= 11 is 0. The van der Waals surface area contributed by atoms with E-state index in [2.05, 4.69) is 12.4 Å². The highest BCUT2D eigenvalue weighted by atomic mass is 16.6. The Morgan fingerprint density at radius 3 is 1.80 bits per heavy atom. The molecule has 1 atom stereocenters. The number of carbonyl (C=O) groups excluding carboxylic acids is 1. The molecule has 0 spiro atoms. The van der Waals surface area contributed by atoms with Crippen molar-refractivity contribution in [3.8, 4) is 5.75 Å². The van der Waals surface area contributed by atoms with E-state index in [1.54, 1.807) is 32.9 Å². The standard InChI is InChI=1S/C15H21NO5.C7H15N.C6H12/c1-15(2,3)21-14(20)16(4)12(13(18)19)9-10-5-7-11(17)8-6-10;1-8-7-5-3-2-4-6-7;1-2-4-6-5-3-1/h5-8,12,17H,9H2,1-4H3,(H,18,19);7-8H,2-6H2,1H3;1-6H2/t12-;;/m1../s1. The molecule has 3 N–H and O–H groups in total. The molecule has 1 amide bonds. The molecule has 0 radical (unpaired) electrons. The van der Waals surface area contributed by atoms with Crippen LogP contribution >= 0.6 is 0 Å². The van der Waals surface area contributed by atoms with Gasteiger partial charge in [0.2, 0.25) is 0 Å². The fourth-order valence-corrected chi connectivity index (χ4v) is 4.16. The average molecular weight is 493 g/mol. The van der Waals surface area contributed by atoms with Crippen molar-refractivity contribution < 1.29 is 24.5 Å². The molecule has 7 heteroatoms. The summed E-state index contributed by atoms with van der Waals surface area (Å²) in [4.78, 5) is 24.4. The van der Waals surface area contributed by atoms with Gasteiger partial charge in [0.15, 0.2) is 0 Å². The third-order valence-corrected chi connectivity index (χ3v) is 6.31. The van der Waals surface area contributed by atoms with Gasteiger partial charge in [0.05, 0.1) is 0 Å². The highest BCUT2D eigenvalue weighted by molar-refractivity contribution is 5.80. The molecule has 0 unspecified atom stereocenters. The van der Waals surface area contributed by atoms with Crippen LogP contribution in [0.25, 0.3) is 0 Å². The van der Waals surface area contributed by atoms with Crippen LogP contribution in [-0.2, 0) is 16.0 Å². The fourth-order valence-electron chi connectivity index (χ4n) is 4.16. The second-order valence-electron chi connectivity index (χ2n) is 10.6. The first-order chi connectivity index (χ1) is 16.5. The van der Waals surface area contributed by atoms with E-state index in [1.165, 1.54) is 89.8 Å². The van der Waals surface area contributed by atoms with Gasteiger partial charge in [-0.1, -0.05) is 69.9 Å². The highest BCUT2D eigenvalue weighted by Gasteiger charge is 2.30. The second kappa shape index (κ2) is 16.4. The number of carbonyl (C=O) groups is 2. The minimum atomic E-state index is -1.11. The van der Waals surface area contributed by atoms with Crippen LogP contribution < -0.4 is 5.32 Å². The molecular weight excluding hydrogens is 444 g/mol. The summed E-state index contributed by atoms with van der Waals surface area (Å²) in [5, 5.41) is 21.8. The van der Waals surface area contributed by atoms with E-state index in [0.29, 0.717) is 5.56 Å². The molecule has 1 aromatic carbocycles. The first-order valence-electron chi connectivity index (χ1n) is 13.2. The molecule has 0 aliphatic heterocycles. The number of nitrogens with one attached hydrogen (secondary N) is 1. The summed E-state index contributed by atoms with van der Waals surface area (Å²) < 4.78 is 5.17. The summed E-state index contributed by atoms with van der Waals surface area (Å²) in [5.74, 6) is -1.01. The number of phenols is 1. The van der Waals surface area contributed by atoms with E-state index in [9.17, 15) is 19.8 Å². The zero-order chi connectivity index (χ0) is 26.3. The van der Waals surface area contributed by atoms with Gasteiger partial charge < -0.3 is 20.3 Å². The van der Waals surface area contributed by atoms with Crippen molar-refractivity contribution in [1.82, 2.24) is 10.2 Å². The topological polar surface area (TPSA) is 99.1 Å². The van der Waals surface area contributed by atoms with Gasteiger partial charge in [-0.2, -0.15) is 0 Å². The van der Waals surface area contributed by atoms with E-state index in [0.717, 1.165) is 10.9 Å². The van der Waals surface area contributed by atoms with Crippen LogP contribution in [0.1, 0.15) is 97.0 Å². The van der Waals surface area contributed by atoms with Gasteiger partial charge in [-0.15, -0.1) is 0 Å². The maximum absolute atomic E-state index is 11.9. The Balaban J connectivity index is 0.000000351. The molecule has 2 fully saturated rings. The molecular formula is C28H48N2O5. The molecule has 2 saturated carbocycles. The maximum atomic E-state index is 11.9. The first kappa shape index (κ1) is 30.8. The van der Waals surface area contributed by atoms with Crippen LogP contribution in [0.4, 0.5) is 4.79 Å². The van der Waals surface area contributed by atoms with E-state index >= 15 is 0 Å². The number of nitrogens with zero attached hydrogens (tertiary/aromatic N) is 1. The molecule has 0 bridgehead atoms. The van der Waals surface area contributed by atoms with Crippen LogP contribution in [0, 0.1) is 0 Å². The summed E-state index contributed by atoms with van der Waals surface area (Å²) in [6.07, 6.45) is 15.6. The number of amides is 1. The minimum absolute atomic E-state index is 0.103. The van der Waals surface area contributed by atoms with E-state index in [-0.39, 0.29) is 12.2 Å². The van der Waals surface area contributed by atoms with Crippen molar-refractivity contribution in [2.75, 3.05) is 14.1 Å². The Labute approximate surface area is 212 Å². The normalized spacial score (nSPS) is 17.1. The molecule has 3 rings (SSSR count). The SMILES string of the molecule is C1CCCCC1.CN(C(=O)OC(C)(C)C)[C@H](Cc1ccc(O)cc1)C(=O)O.CNC1CCCCC1. The molecule has 7 nitrogen and oxygen atoms in total. The van der Waals surface area contributed by atoms with Crippen LogP contribution in [0.2, 0.25) is 0 Å². The van der Waals surface area contributed by atoms with Gasteiger partial charge >= 0.3 is 12.1 Å². The molecule has 2 aliphatic rings. The largest absolute Gasteiger partial charge is 0.508 e. The lowest BCUT2D eigenvalue weighted by Gasteiger charge is -2.28. The van der Waals surface area contributed by atoms with Gasteiger partial charge in [-0.25, -0.2) is 9.59 Å². The van der Waals surface area contributed by atoms with E-state index in [1.807, 2.05) is 0 Å². The minimum Gasteiger partial charge on any atom is -0.508 e. The summed E-state index contributed by atoms with van der Waals surface area (Å²) in [7, 11) is 3.46. The van der Waals surface area contributed by atoms with Gasteiger partial charge in [-0.3, -0.25) is 4.90 Å². The van der Waals surface area contributed by atoms with Gasteiger partial charge in [0.1, 0.15) is 17.4 Å². The summed E-state index contributed by atoms with van der Waals surface area (Å²) in [5.41, 5.74) is 0.0167. The Kier molecular flexibility index (Phi) is 14.4. The fraction of sp³-hybridized carbons (Fsp3) is 0.714. The zero-order valence-electron chi connectivity index (χ0n) is 22.5. The predicted octanol–water partition coefficient (Wildman–Crippen LogP) is 6.13. The highest BCUT2D eigenvalue weighted by Crippen LogP contribution is 2.17. The Bertz CT molecular complexity index is 708. The van der Waals surface area contributed by atoms with Crippen molar-refractivity contribution in [2.45, 2.75) is 116 Å². The number of likely N-dealkylation sites (N-methyl/N-ethyl adjacent to an activating group) is 1. The summed E-state index contributed by atoms with van der Waals surface area (Å²) in [6.45, 7) is 5.15. The Morgan fingerprint density at radius 1 is 0.971 bits per heavy atom. The van der Waals surface area contributed by atoms with Crippen molar-refractivity contribution in [3.63, 3.8) is 0 Å². The predicted molar refractivity (Wildman–Crippen MR) is 141 cm³/mol. The number of ether oxygens (including phenoxy) is 1. The quantitative estimate of drug-likeness (QED) is 0.457. The molecule has 0 heterocycles. The number of carboxylic acid groups (broad SMARTS) is 1. The van der Waals surface area contributed by atoms with Crippen molar-refractivity contribution in [1.29, 1.82) is 0 Å². The van der Waals surface area contributed by atoms with Crippen LogP contribution in [0.5, 0.6) is 5.75 Å². The van der Waals surface area contributed by atoms with Crippen molar-refractivity contribution >= 4 is 12.1 Å².